The van der Waals surface area contributed by atoms with E-state index in [4.69, 9.17) is 6.57 Å². The number of aliphatic hydroxyl groups is 1. The van der Waals surface area contributed by atoms with Crippen LogP contribution in [0.1, 0.15) is 23.2 Å². The number of carbonyl (C=O) groups is 1. The minimum Gasteiger partial charge on any atom is -0.393 e. The van der Waals surface area contributed by atoms with Crippen molar-refractivity contribution >= 4 is 27.3 Å². The lowest BCUT2D eigenvalue weighted by atomic mass is 10.1. The zero-order chi connectivity index (χ0) is 20.3. The molecule has 2 aromatic carbocycles. The molecule has 0 unspecified atom stereocenters. The summed E-state index contributed by atoms with van der Waals surface area (Å²) >= 11 is 0. The first-order chi connectivity index (χ1) is 13.3. The second kappa shape index (κ2) is 8.06. The van der Waals surface area contributed by atoms with Crippen LogP contribution in [0.4, 0.5) is 15.8 Å². The third-order valence-corrected chi connectivity index (χ3v) is 6.38. The van der Waals surface area contributed by atoms with Gasteiger partial charge in [0, 0.05) is 24.3 Å². The first-order valence-corrected chi connectivity index (χ1v) is 10.0. The van der Waals surface area contributed by atoms with Crippen molar-refractivity contribution in [1.29, 1.82) is 0 Å². The van der Waals surface area contributed by atoms with E-state index in [2.05, 4.69) is 10.2 Å². The molecule has 1 aliphatic rings. The second-order valence-corrected chi connectivity index (χ2v) is 8.33. The van der Waals surface area contributed by atoms with Crippen molar-refractivity contribution in [2.24, 2.45) is 0 Å². The van der Waals surface area contributed by atoms with Crippen LogP contribution in [-0.4, -0.2) is 42.9 Å². The SMILES string of the molecule is [C-]#[N+]c1cc(NC(=O)c2cccc(S(=O)(=O)N3CCC(O)CC3)c2)ccc1F. The molecule has 3 rings (SSSR count). The highest BCUT2D eigenvalue weighted by molar-refractivity contribution is 7.89. The number of benzene rings is 2. The van der Waals surface area contributed by atoms with E-state index in [-0.39, 0.29) is 34.9 Å². The summed E-state index contributed by atoms with van der Waals surface area (Å²) in [7, 11) is -3.78. The molecule has 2 aromatic rings. The van der Waals surface area contributed by atoms with Crippen molar-refractivity contribution in [2.45, 2.75) is 23.8 Å². The van der Waals surface area contributed by atoms with Crippen molar-refractivity contribution in [3.63, 3.8) is 0 Å². The number of amides is 1. The monoisotopic (exact) mass is 403 g/mol. The van der Waals surface area contributed by atoms with Gasteiger partial charge in [0.2, 0.25) is 15.7 Å². The van der Waals surface area contributed by atoms with Crippen LogP contribution in [0.15, 0.2) is 47.4 Å². The molecule has 0 saturated carbocycles. The van der Waals surface area contributed by atoms with Gasteiger partial charge >= 0.3 is 0 Å². The second-order valence-electron chi connectivity index (χ2n) is 6.40. The van der Waals surface area contributed by atoms with Gasteiger partial charge in [0.15, 0.2) is 0 Å². The van der Waals surface area contributed by atoms with Gasteiger partial charge in [-0.15, -0.1) is 0 Å². The van der Waals surface area contributed by atoms with E-state index in [9.17, 15) is 22.7 Å². The maximum absolute atomic E-state index is 13.4. The van der Waals surface area contributed by atoms with Gasteiger partial charge in [0.1, 0.15) is 5.82 Å². The molecule has 146 valence electrons. The molecule has 0 aliphatic carbocycles. The fourth-order valence-electron chi connectivity index (χ4n) is 2.91. The molecule has 0 bridgehead atoms. The number of hydrogen-bond donors (Lipinski definition) is 2. The quantitative estimate of drug-likeness (QED) is 0.768. The highest BCUT2D eigenvalue weighted by Crippen LogP contribution is 2.24. The Kier molecular flexibility index (Phi) is 5.74. The lowest BCUT2D eigenvalue weighted by molar-refractivity contribution is 0.102. The third kappa shape index (κ3) is 4.20. The van der Waals surface area contributed by atoms with Crippen molar-refractivity contribution in [3.8, 4) is 0 Å². The Balaban J connectivity index is 1.81. The van der Waals surface area contributed by atoms with E-state index >= 15 is 0 Å². The smallest absolute Gasteiger partial charge is 0.255 e. The van der Waals surface area contributed by atoms with Crippen molar-refractivity contribution in [3.05, 3.63) is 65.3 Å². The van der Waals surface area contributed by atoms with Crippen LogP contribution in [0.3, 0.4) is 0 Å². The maximum Gasteiger partial charge on any atom is 0.255 e. The van der Waals surface area contributed by atoms with Crippen LogP contribution in [0.2, 0.25) is 0 Å². The molecule has 1 amide bonds. The Morgan fingerprint density at radius 2 is 1.93 bits per heavy atom. The summed E-state index contributed by atoms with van der Waals surface area (Å²) in [4.78, 5) is 15.5. The van der Waals surface area contributed by atoms with Crippen LogP contribution in [-0.2, 0) is 10.0 Å². The molecular weight excluding hydrogens is 385 g/mol. The predicted octanol–water partition coefficient (Wildman–Crippen LogP) is 2.77. The standard InChI is InChI=1S/C19H18FN3O4S/c1-21-18-12-14(5-6-17(18)20)22-19(25)13-3-2-4-16(11-13)28(26,27)23-9-7-15(24)8-10-23/h2-6,11-12,15,24H,7-10H2,(H,22,25). The van der Waals surface area contributed by atoms with Gasteiger partial charge in [-0.1, -0.05) is 6.07 Å². The van der Waals surface area contributed by atoms with E-state index < -0.39 is 27.9 Å². The van der Waals surface area contributed by atoms with Crippen LogP contribution < -0.4 is 5.32 Å². The number of halogens is 1. The first kappa shape index (κ1) is 19.9. The van der Waals surface area contributed by atoms with Crippen molar-refractivity contribution in [2.75, 3.05) is 18.4 Å². The normalized spacial score (nSPS) is 15.8. The number of sulfonamides is 1. The molecule has 1 heterocycles. The molecule has 0 aromatic heterocycles. The summed E-state index contributed by atoms with van der Waals surface area (Å²) in [6.45, 7) is 7.35. The van der Waals surface area contributed by atoms with Gasteiger partial charge in [-0.2, -0.15) is 4.31 Å². The van der Waals surface area contributed by atoms with Crippen molar-refractivity contribution < 1.29 is 22.7 Å². The van der Waals surface area contributed by atoms with E-state index in [1.165, 1.54) is 40.7 Å². The summed E-state index contributed by atoms with van der Waals surface area (Å²) in [5.41, 5.74) is 0.129. The number of anilines is 1. The Labute approximate surface area is 162 Å². The number of rotatable bonds is 4. The number of nitrogens with one attached hydrogen (secondary N) is 1. The van der Waals surface area contributed by atoms with Gasteiger partial charge in [-0.25, -0.2) is 17.7 Å². The maximum atomic E-state index is 13.4. The molecule has 0 atom stereocenters. The van der Waals surface area contributed by atoms with Gasteiger partial charge in [-0.3, -0.25) is 4.79 Å². The molecule has 1 aliphatic heterocycles. The lowest BCUT2D eigenvalue weighted by Crippen LogP contribution is -2.40. The first-order valence-electron chi connectivity index (χ1n) is 8.58. The zero-order valence-corrected chi connectivity index (χ0v) is 15.6. The number of piperidine rings is 1. The van der Waals surface area contributed by atoms with E-state index in [0.29, 0.717) is 12.8 Å². The molecule has 1 fully saturated rings. The van der Waals surface area contributed by atoms with Crippen LogP contribution in [0, 0.1) is 12.4 Å². The molecule has 2 N–H and O–H groups in total. The number of aliphatic hydroxyl groups excluding tert-OH is 1. The molecule has 0 radical (unpaired) electrons. The number of carbonyl (C=O) groups excluding carboxylic acids is 1. The largest absolute Gasteiger partial charge is 0.393 e. The summed E-state index contributed by atoms with van der Waals surface area (Å²) in [6.07, 6.45) is 0.236. The Hall–Kier alpha value is -2.80. The van der Waals surface area contributed by atoms with Gasteiger partial charge in [0.05, 0.1) is 17.6 Å². The van der Waals surface area contributed by atoms with Crippen LogP contribution in [0.5, 0.6) is 0 Å². The summed E-state index contributed by atoms with van der Waals surface area (Å²) < 4.78 is 40.3. The van der Waals surface area contributed by atoms with Crippen molar-refractivity contribution in [1.82, 2.24) is 4.31 Å². The summed E-state index contributed by atoms with van der Waals surface area (Å²) in [5, 5.41) is 12.1. The minimum absolute atomic E-state index is 0.0162. The predicted molar refractivity (Wildman–Crippen MR) is 101 cm³/mol. The molecule has 7 nitrogen and oxygen atoms in total. The zero-order valence-electron chi connectivity index (χ0n) is 14.8. The lowest BCUT2D eigenvalue weighted by Gasteiger charge is -2.28. The molecule has 28 heavy (non-hydrogen) atoms. The van der Waals surface area contributed by atoms with E-state index in [1.807, 2.05) is 0 Å². The van der Waals surface area contributed by atoms with E-state index in [1.54, 1.807) is 0 Å². The minimum atomic E-state index is -3.78. The fraction of sp³-hybridized carbons (Fsp3) is 0.263. The number of hydrogen-bond acceptors (Lipinski definition) is 4. The summed E-state index contributed by atoms with van der Waals surface area (Å²) in [5.74, 6) is -1.26. The van der Waals surface area contributed by atoms with Crippen LogP contribution >= 0.6 is 0 Å². The van der Waals surface area contributed by atoms with Gasteiger partial charge in [-0.05, 0) is 49.2 Å². The third-order valence-electron chi connectivity index (χ3n) is 4.48. The molecule has 0 spiro atoms. The molecule has 9 heteroatoms. The van der Waals surface area contributed by atoms with E-state index in [0.717, 1.165) is 6.07 Å². The van der Waals surface area contributed by atoms with Gasteiger partial charge < -0.3 is 10.4 Å². The van der Waals surface area contributed by atoms with Crippen LogP contribution in [0.25, 0.3) is 4.85 Å². The average molecular weight is 403 g/mol. The summed E-state index contributed by atoms with van der Waals surface area (Å²) in [6, 6.07) is 9.22. The molecular formula is C19H18FN3O4S. The molecule has 1 saturated heterocycles. The Morgan fingerprint density at radius 1 is 1.21 bits per heavy atom. The highest BCUT2D eigenvalue weighted by atomic mass is 32.2. The topological polar surface area (TPSA) is 91.1 Å². The number of nitrogens with zero attached hydrogens (tertiary/aromatic N) is 2. The average Bonchev–Trinajstić information content (AvgIpc) is 2.70. The Morgan fingerprint density at radius 3 is 2.61 bits per heavy atom. The fourth-order valence-corrected chi connectivity index (χ4v) is 4.42. The highest BCUT2D eigenvalue weighted by Gasteiger charge is 2.29. The Bertz CT molecular complexity index is 1040. The van der Waals surface area contributed by atoms with Gasteiger partial charge in [0.25, 0.3) is 5.91 Å².